The lowest BCUT2D eigenvalue weighted by Gasteiger charge is -2.26. The highest BCUT2D eigenvalue weighted by Crippen LogP contribution is 1.90. The Balaban J connectivity index is 2.08. The first-order valence-corrected chi connectivity index (χ1v) is 3.89. The van der Waals surface area contributed by atoms with Gasteiger partial charge in [0.25, 0.3) is 0 Å². The summed E-state index contributed by atoms with van der Waals surface area (Å²) in [5.41, 5.74) is 3.20. The first-order valence-electron chi connectivity index (χ1n) is 3.89. The van der Waals surface area contributed by atoms with E-state index in [0.29, 0.717) is 0 Å². The lowest BCUT2D eigenvalue weighted by molar-refractivity contribution is 0.0147. The molecule has 1 saturated heterocycles. The summed E-state index contributed by atoms with van der Waals surface area (Å²) < 4.78 is 5.19. The van der Waals surface area contributed by atoms with Crippen LogP contribution in [0.1, 0.15) is 6.92 Å². The van der Waals surface area contributed by atoms with Crippen LogP contribution in [0.2, 0.25) is 0 Å². The van der Waals surface area contributed by atoms with Gasteiger partial charge in [-0.15, -0.1) is 5.92 Å². The Morgan fingerprint density at radius 3 is 2.82 bits per heavy atom. The third kappa shape index (κ3) is 3.38. The van der Waals surface area contributed by atoms with Crippen LogP contribution in [0.15, 0.2) is 0 Å². The number of morpholine rings is 1. The molecule has 0 aliphatic carbocycles. The van der Waals surface area contributed by atoms with Crippen molar-refractivity contribution in [1.82, 2.24) is 10.4 Å². The predicted molar refractivity (Wildman–Crippen MR) is 43.8 cm³/mol. The summed E-state index contributed by atoms with van der Waals surface area (Å²) in [6.07, 6.45) is 0. The lowest BCUT2D eigenvalue weighted by atomic mass is 10.5. The molecule has 1 aliphatic heterocycles. The highest BCUT2D eigenvalue weighted by molar-refractivity contribution is 4.96. The first kappa shape index (κ1) is 8.54. The van der Waals surface area contributed by atoms with Gasteiger partial charge in [-0.2, -0.15) is 0 Å². The number of nitrogens with zero attached hydrogens (tertiary/aromatic N) is 1. The largest absolute Gasteiger partial charge is 0.379 e. The van der Waals surface area contributed by atoms with Gasteiger partial charge >= 0.3 is 0 Å². The number of ether oxygens (including phenoxy) is 1. The summed E-state index contributed by atoms with van der Waals surface area (Å²) in [6.45, 7) is 6.17. The van der Waals surface area contributed by atoms with Gasteiger partial charge in [0.05, 0.1) is 19.8 Å². The van der Waals surface area contributed by atoms with Gasteiger partial charge in [0.2, 0.25) is 0 Å². The molecule has 1 heterocycles. The molecule has 1 aliphatic rings. The van der Waals surface area contributed by atoms with Crippen LogP contribution < -0.4 is 5.43 Å². The molecule has 0 atom stereocenters. The van der Waals surface area contributed by atoms with Crippen molar-refractivity contribution in [1.29, 1.82) is 0 Å². The Hall–Kier alpha value is -0.560. The number of rotatable bonds is 2. The van der Waals surface area contributed by atoms with E-state index >= 15 is 0 Å². The molecule has 0 aromatic heterocycles. The average molecular weight is 154 g/mol. The fourth-order valence-electron chi connectivity index (χ4n) is 0.961. The van der Waals surface area contributed by atoms with E-state index in [0.717, 1.165) is 32.8 Å². The minimum Gasteiger partial charge on any atom is -0.379 e. The van der Waals surface area contributed by atoms with Crippen LogP contribution in [-0.2, 0) is 4.74 Å². The highest BCUT2D eigenvalue weighted by atomic mass is 16.5. The molecule has 11 heavy (non-hydrogen) atoms. The van der Waals surface area contributed by atoms with Crippen LogP contribution >= 0.6 is 0 Å². The molecule has 0 saturated carbocycles. The molecule has 1 rings (SSSR count). The van der Waals surface area contributed by atoms with Crippen molar-refractivity contribution in [3.8, 4) is 11.8 Å². The molecule has 0 unspecified atom stereocenters. The van der Waals surface area contributed by atoms with E-state index in [1.807, 2.05) is 6.92 Å². The van der Waals surface area contributed by atoms with Crippen LogP contribution in [0.4, 0.5) is 0 Å². The van der Waals surface area contributed by atoms with Gasteiger partial charge in [0, 0.05) is 13.1 Å². The van der Waals surface area contributed by atoms with Gasteiger partial charge in [-0.1, -0.05) is 5.92 Å². The maximum atomic E-state index is 5.19. The van der Waals surface area contributed by atoms with E-state index < -0.39 is 0 Å². The smallest absolute Gasteiger partial charge is 0.0714 e. The summed E-state index contributed by atoms with van der Waals surface area (Å²) in [5.74, 6) is 5.79. The summed E-state index contributed by atoms with van der Waals surface area (Å²) >= 11 is 0. The van der Waals surface area contributed by atoms with Gasteiger partial charge in [0.15, 0.2) is 0 Å². The van der Waals surface area contributed by atoms with Crippen LogP contribution in [0.3, 0.4) is 0 Å². The predicted octanol–water partition coefficient (Wildman–Crippen LogP) is -0.153. The molecule has 3 heteroatoms. The van der Waals surface area contributed by atoms with Crippen LogP contribution in [-0.4, -0.2) is 37.9 Å². The van der Waals surface area contributed by atoms with E-state index in [2.05, 4.69) is 22.3 Å². The lowest BCUT2D eigenvalue weighted by Crippen LogP contribution is -2.45. The van der Waals surface area contributed by atoms with Crippen molar-refractivity contribution in [2.24, 2.45) is 0 Å². The van der Waals surface area contributed by atoms with E-state index in [4.69, 9.17) is 4.74 Å². The summed E-state index contributed by atoms with van der Waals surface area (Å²) in [5, 5.41) is 2.15. The molecule has 0 aromatic rings. The zero-order valence-corrected chi connectivity index (χ0v) is 6.89. The zero-order valence-electron chi connectivity index (χ0n) is 6.89. The average Bonchev–Trinajstić information content (AvgIpc) is 2.07. The number of hydrazine groups is 1. The Morgan fingerprint density at radius 1 is 1.45 bits per heavy atom. The van der Waals surface area contributed by atoms with E-state index in [1.165, 1.54) is 0 Å². The Bertz CT molecular complexity index is 153. The molecular formula is C8H14N2O. The Kier molecular flexibility index (Phi) is 3.99. The zero-order chi connectivity index (χ0) is 7.94. The van der Waals surface area contributed by atoms with E-state index in [9.17, 15) is 0 Å². The molecule has 1 N–H and O–H groups in total. The van der Waals surface area contributed by atoms with E-state index in [-0.39, 0.29) is 0 Å². The third-order valence-corrected chi connectivity index (χ3v) is 1.58. The van der Waals surface area contributed by atoms with Gasteiger partial charge in [-0.05, 0) is 6.92 Å². The topological polar surface area (TPSA) is 24.5 Å². The second-order valence-electron chi connectivity index (χ2n) is 2.36. The summed E-state index contributed by atoms with van der Waals surface area (Å²) in [6, 6.07) is 0. The maximum Gasteiger partial charge on any atom is 0.0714 e. The van der Waals surface area contributed by atoms with Crippen molar-refractivity contribution in [3.05, 3.63) is 0 Å². The van der Waals surface area contributed by atoms with Crippen LogP contribution in [0.5, 0.6) is 0 Å². The number of hydrogen-bond acceptors (Lipinski definition) is 3. The fourth-order valence-corrected chi connectivity index (χ4v) is 0.961. The quantitative estimate of drug-likeness (QED) is 0.560. The normalized spacial score (nSPS) is 19.0. The molecule has 0 radical (unpaired) electrons. The van der Waals surface area contributed by atoms with Crippen molar-refractivity contribution < 1.29 is 4.74 Å². The number of hydrogen-bond donors (Lipinski definition) is 1. The van der Waals surface area contributed by atoms with Crippen LogP contribution in [0.25, 0.3) is 0 Å². The Labute approximate surface area is 67.7 Å². The molecule has 0 amide bonds. The second-order valence-corrected chi connectivity index (χ2v) is 2.36. The first-order chi connectivity index (χ1) is 5.43. The van der Waals surface area contributed by atoms with E-state index in [1.54, 1.807) is 0 Å². The standard InChI is InChI=1S/C8H14N2O/c1-2-3-4-9-10-5-7-11-8-6-10/h9H,4-8H2,1H3. The monoisotopic (exact) mass is 154 g/mol. The third-order valence-electron chi connectivity index (χ3n) is 1.58. The molecule has 62 valence electrons. The van der Waals surface area contributed by atoms with Crippen molar-refractivity contribution in [2.45, 2.75) is 6.92 Å². The van der Waals surface area contributed by atoms with Gasteiger partial charge in [-0.3, -0.25) is 0 Å². The van der Waals surface area contributed by atoms with Crippen molar-refractivity contribution >= 4 is 0 Å². The second kappa shape index (κ2) is 5.14. The van der Waals surface area contributed by atoms with Gasteiger partial charge in [0.1, 0.15) is 0 Å². The summed E-state index contributed by atoms with van der Waals surface area (Å²) in [7, 11) is 0. The molecule has 0 spiro atoms. The minimum atomic E-state index is 0.747. The minimum absolute atomic E-state index is 0.747. The molecular weight excluding hydrogens is 140 g/mol. The molecule has 0 bridgehead atoms. The van der Waals surface area contributed by atoms with Gasteiger partial charge < -0.3 is 4.74 Å². The maximum absolute atomic E-state index is 5.19. The Morgan fingerprint density at radius 2 is 2.18 bits per heavy atom. The fraction of sp³-hybridized carbons (Fsp3) is 0.750. The highest BCUT2D eigenvalue weighted by Gasteiger charge is 2.07. The molecule has 1 fully saturated rings. The molecule has 3 nitrogen and oxygen atoms in total. The van der Waals surface area contributed by atoms with Gasteiger partial charge in [-0.25, -0.2) is 10.4 Å². The SMILES string of the molecule is CC#CCNN1CCOCC1. The van der Waals surface area contributed by atoms with Crippen LogP contribution in [0, 0.1) is 11.8 Å². The summed E-state index contributed by atoms with van der Waals surface area (Å²) in [4.78, 5) is 0. The van der Waals surface area contributed by atoms with Crippen molar-refractivity contribution in [2.75, 3.05) is 32.8 Å². The number of nitrogens with one attached hydrogen (secondary N) is 1. The van der Waals surface area contributed by atoms with Crippen molar-refractivity contribution in [3.63, 3.8) is 0 Å². The molecule has 0 aromatic carbocycles.